The lowest BCUT2D eigenvalue weighted by Gasteiger charge is -2.17. The number of nitrogens with two attached hydrogens (primary N) is 1. The molecule has 0 aliphatic carbocycles. The van der Waals surface area contributed by atoms with Gasteiger partial charge in [-0.25, -0.2) is 0 Å². The number of aromatic nitrogens is 2. The molecule has 1 aliphatic heterocycles. The average Bonchev–Trinajstić information content (AvgIpc) is 3.19. The van der Waals surface area contributed by atoms with E-state index in [-0.39, 0.29) is 5.91 Å². The molecule has 0 saturated heterocycles. The van der Waals surface area contributed by atoms with Gasteiger partial charge in [-0.1, -0.05) is 12.1 Å². The van der Waals surface area contributed by atoms with Crippen molar-refractivity contribution in [1.29, 1.82) is 0 Å². The largest absolute Gasteiger partial charge is 0.399 e. The summed E-state index contributed by atoms with van der Waals surface area (Å²) in [5.41, 5.74) is 11.2. The van der Waals surface area contributed by atoms with Crippen molar-refractivity contribution in [1.82, 2.24) is 14.7 Å². The smallest absolute Gasteiger partial charge is 0.254 e. The van der Waals surface area contributed by atoms with Crippen LogP contribution in [0.3, 0.4) is 0 Å². The number of methoxy groups -OCH3 is 1. The maximum atomic E-state index is 12.8. The highest BCUT2D eigenvalue weighted by atomic mass is 16.6. The van der Waals surface area contributed by atoms with Crippen LogP contribution in [0.15, 0.2) is 36.5 Å². The SMILES string of the molecule is COC(O)CCN1Cc2c(cc(N)cc2-c2ccc3cnn(C)c3c2)C1=O. The van der Waals surface area contributed by atoms with Gasteiger partial charge in [0.25, 0.3) is 5.91 Å². The fourth-order valence-electron chi connectivity index (χ4n) is 3.62. The van der Waals surface area contributed by atoms with Crippen LogP contribution in [0.25, 0.3) is 22.0 Å². The molecule has 0 radical (unpaired) electrons. The van der Waals surface area contributed by atoms with Crippen molar-refractivity contribution in [2.24, 2.45) is 7.05 Å². The summed E-state index contributed by atoms with van der Waals surface area (Å²) in [6, 6.07) is 9.77. The van der Waals surface area contributed by atoms with Crippen molar-refractivity contribution in [3.8, 4) is 11.1 Å². The number of carbonyl (C=O) groups excluding carboxylic acids is 1. The zero-order valence-electron chi connectivity index (χ0n) is 15.3. The minimum Gasteiger partial charge on any atom is -0.399 e. The first-order valence-corrected chi connectivity index (χ1v) is 8.82. The summed E-state index contributed by atoms with van der Waals surface area (Å²) in [5, 5.41) is 15.0. The van der Waals surface area contributed by atoms with Crippen LogP contribution in [-0.2, 0) is 18.3 Å². The number of aliphatic hydroxyl groups excluding tert-OH is 1. The number of nitrogens with zero attached hydrogens (tertiary/aromatic N) is 3. The van der Waals surface area contributed by atoms with E-state index >= 15 is 0 Å². The highest BCUT2D eigenvalue weighted by molar-refractivity contribution is 6.02. The second kappa shape index (κ2) is 6.68. The first kappa shape index (κ1) is 17.5. The number of aliphatic hydroxyl groups is 1. The molecular formula is C20H22N4O3. The Hall–Kier alpha value is -2.90. The van der Waals surface area contributed by atoms with E-state index in [2.05, 4.69) is 11.2 Å². The maximum absolute atomic E-state index is 12.8. The normalized spacial score (nSPS) is 14.8. The molecule has 27 heavy (non-hydrogen) atoms. The number of nitrogen functional groups attached to an aromatic ring is 1. The van der Waals surface area contributed by atoms with E-state index in [4.69, 9.17) is 10.5 Å². The highest BCUT2D eigenvalue weighted by Crippen LogP contribution is 2.36. The number of ether oxygens (including phenoxy) is 1. The highest BCUT2D eigenvalue weighted by Gasteiger charge is 2.30. The summed E-state index contributed by atoms with van der Waals surface area (Å²) < 4.78 is 6.70. The molecule has 0 spiro atoms. The third-order valence-electron chi connectivity index (χ3n) is 5.12. The monoisotopic (exact) mass is 366 g/mol. The van der Waals surface area contributed by atoms with Crippen LogP contribution in [0.5, 0.6) is 0 Å². The second-order valence-electron chi connectivity index (χ2n) is 6.84. The molecule has 2 aromatic carbocycles. The lowest BCUT2D eigenvalue weighted by atomic mass is 9.95. The molecule has 4 rings (SSSR count). The number of carbonyl (C=O) groups is 1. The van der Waals surface area contributed by atoms with Crippen LogP contribution < -0.4 is 5.73 Å². The first-order valence-electron chi connectivity index (χ1n) is 8.82. The summed E-state index contributed by atoms with van der Waals surface area (Å²) in [4.78, 5) is 14.5. The Morgan fingerprint density at radius 3 is 2.85 bits per heavy atom. The lowest BCUT2D eigenvalue weighted by Crippen LogP contribution is -2.28. The van der Waals surface area contributed by atoms with Gasteiger partial charge >= 0.3 is 0 Å². The quantitative estimate of drug-likeness (QED) is 0.533. The van der Waals surface area contributed by atoms with E-state index in [1.807, 2.05) is 36.1 Å². The Morgan fingerprint density at radius 2 is 2.07 bits per heavy atom. The van der Waals surface area contributed by atoms with Gasteiger partial charge in [-0.15, -0.1) is 0 Å². The van der Waals surface area contributed by atoms with Gasteiger partial charge in [-0.2, -0.15) is 5.10 Å². The zero-order chi connectivity index (χ0) is 19.1. The van der Waals surface area contributed by atoms with E-state index in [0.717, 1.165) is 27.6 Å². The van der Waals surface area contributed by atoms with Crippen molar-refractivity contribution in [3.63, 3.8) is 0 Å². The fraction of sp³-hybridized carbons (Fsp3) is 0.300. The molecule has 0 fully saturated rings. The topological polar surface area (TPSA) is 93.6 Å². The molecule has 7 nitrogen and oxygen atoms in total. The summed E-state index contributed by atoms with van der Waals surface area (Å²) in [6.07, 6.45) is 1.32. The third kappa shape index (κ3) is 3.05. The van der Waals surface area contributed by atoms with Gasteiger partial charge in [-0.3, -0.25) is 9.48 Å². The van der Waals surface area contributed by atoms with E-state index < -0.39 is 6.29 Å². The second-order valence-corrected chi connectivity index (χ2v) is 6.84. The van der Waals surface area contributed by atoms with Crippen molar-refractivity contribution in [3.05, 3.63) is 47.7 Å². The van der Waals surface area contributed by atoms with Gasteiger partial charge in [0.15, 0.2) is 6.29 Å². The predicted molar refractivity (Wildman–Crippen MR) is 103 cm³/mol. The van der Waals surface area contributed by atoms with Crippen LogP contribution in [0.1, 0.15) is 22.3 Å². The fourth-order valence-corrected chi connectivity index (χ4v) is 3.62. The molecule has 1 unspecified atom stereocenters. The van der Waals surface area contributed by atoms with Crippen molar-refractivity contribution >= 4 is 22.5 Å². The van der Waals surface area contributed by atoms with Crippen molar-refractivity contribution < 1.29 is 14.6 Å². The molecule has 7 heteroatoms. The summed E-state index contributed by atoms with van der Waals surface area (Å²) in [6.45, 7) is 0.909. The van der Waals surface area contributed by atoms with Crippen LogP contribution in [0, 0.1) is 0 Å². The number of anilines is 1. The molecule has 2 heterocycles. The molecule has 1 aliphatic rings. The molecular weight excluding hydrogens is 344 g/mol. The summed E-state index contributed by atoms with van der Waals surface area (Å²) >= 11 is 0. The Bertz CT molecular complexity index is 1030. The van der Waals surface area contributed by atoms with Crippen LogP contribution in [0.4, 0.5) is 5.69 Å². The van der Waals surface area contributed by atoms with Gasteiger partial charge in [0.1, 0.15) is 0 Å². The number of fused-ring (bicyclic) bond motifs is 2. The molecule has 0 saturated carbocycles. The number of rotatable bonds is 5. The minimum absolute atomic E-state index is 0.0662. The van der Waals surface area contributed by atoms with Crippen LogP contribution >= 0.6 is 0 Å². The van der Waals surface area contributed by atoms with Crippen LogP contribution in [0.2, 0.25) is 0 Å². The molecule has 3 aromatic rings. The standard InChI is InChI=1S/C20H22N4O3/c1-23-18-7-12(3-4-13(18)10-22-23)15-8-14(21)9-16-17(15)11-24(20(16)26)6-5-19(25)27-2/h3-4,7-10,19,25H,5-6,11,21H2,1-2H3. The van der Waals surface area contributed by atoms with E-state index in [0.29, 0.717) is 30.8 Å². The first-order chi connectivity index (χ1) is 13.0. The third-order valence-corrected chi connectivity index (χ3v) is 5.12. The van der Waals surface area contributed by atoms with Gasteiger partial charge in [0.2, 0.25) is 0 Å². The van der Waals surface area contributed by atoms with Crippen molar-refractivity contribution in [2.45, 2.75) is 19.3 Å². The average molecular weight is 366 g/mol. The molecule has 140 valence electrons. The number of hydrogen-bond acceptors (Lipinski definition) is 5. The van der Waals surface area contributed by atoms with Gasteiger partial charge < -0.3 is 20.5 Å². The summed E-state index contributed by atoms with van der Waals surface area (Å²) in [5.74, 6) is -0.0662. The molecule has 1 atom stereocenters. The van der Waals surface area contributed by atoms with Gasteiger partial charge in [-0.05, 0) is 34.9 Å². The van der Waals surface area contributed by atoms with Crippen LogP contribution in [-0.4, -0.2) is 45.6 Å². The summed E-state index contributed by atoms with van der Waals surface area (Å²) in [7, 11) is 3.35. The van der Waals surface area contributed by atoms with E-state index in [1.54, 1.807) is 11.0 Å². The number of hydrogen-bond donors (Lipinski definition) is 2. The molecule has 0 bridgehead atoms. The predicted octanol–water partition coefficient (Wildman–Crippen LogP) is 2.13. The lowest BCUT2D eigenvalue weighted by molar-refractivity contribution is -0.0808. The Labute approximate surface area is 156 Å². The number of benzene rings is 2. The van der Waals surface area contributed by atoms with Gasteiger partial charge in [0.05, 0.1) is 11.7 Å². The number of aryl methyl sites for hydroxylation is 1. The van der Waals surface area contributed by atoms with E-state index in [9.17, 15) is 9.90 Å². The van der Waals surface area contributed by atoms with E-state index in [1.165, 1.54) is 7.11 Å². The molecule has 1 aromatic heterocycles. The molecule has 1 amide bonds. The Balaban J connectivity index is 1.73. The maximum Gasteiger partial charge on any atom is 0.254 e. The van der Waals surface area contributed by atoms with Crippen molar-refractivity contribution in [2.75, 3.05) is 19.4 Å². The Kier molecular flexibility index (Phi) is 4.33. The number of amides is 1. The van der Waals surface area contributed by atoms with Gasteiger partial charge in [0, 0.05) is 50.3 Å². The minimum atomic E-state index is -0.877. The zero-order valence-corrected chi connectivity index (χ0v) is 15.3. The Morgan fingerprint density at radius 1 is 1.30 bits per heavy atom. The molecule has 3 N–H and O–H groups in total.